The van der Waals surface area contributed by atoms with E-state index < -0.39 is 4.92 Å². The molecule has 94 valence electrons. The second-order valence-corrected chi connectivity index (χ2v) is 5.47. The summed E-state index contributed by atoms with van der Waals surface area (Å²) >= 11 is 11.0. The Morgan fingerprint density at radius 3 is 2.83 bits per heavy atom. The number of anilines is 1. The van der Waals surface area contributed by atoms with Crippen LogP contribution in [0.2, 0.25) is 5.02 Å². The molecule has 0 amide bonds. The van der Waals surface area contributed by atoms with Crippen molar-refractivity contribution in [2.45, 2.75) is 6.54 Å². The molecule has 7 heteroatoms. The van der Waals surface area contributed by atoms with Gasteiger partial charge < -0.3 is 5.32 Å². The van der Waals surface area contributed by atoms with Crippen LogP contribution in [-0.4, -0.2) is 4.92 Å². The molecular weight excluding hydrogens is 340 g/mol. The van der Waals surface area contributed by atoms with Crippen molar-refractivity contribution < 1.29 is 4.92 Å². The average Bonchev–Trinajstić information content (AvgIpc) is 2.73. The van der Waals surface area contributed by atoms with Crippen LogP contribution in [0.1, 0.15) is 5.56 Å². The van der Waals surface area contributed by atoms with E-state index in [0.29, 0.717) is 12.2 Å². The number of hydrogen-bond donors (Lipinski definition) is 1. The maximum absolute atomic E-state index is 10.7. The van der Waals surface area contributed by atoms with Crippen LogP contribution in [0.15, 0.2) is 33.4 Å². The van der Waals surface area contributed by atoms with Gasteiger partial charge in [-0.25, -0.2) is 0 Å². The van der Waals surface area contributed by atoms with Gasteiger partial charge >= 0.3 is 0 Å². The van der Waals surface area contributed by atoms with Gasteiger partial charge in [-0.1, -0.05) is 17.7 Å². The third-order valence-corrected chi connectivity index (χ3v) is 4.56. The van der Waals surface area contributed by atoms with Crippen molar-refractivity contribution in [3.8, 4) is 0 Å². The first-order chi connectivity index (χ1) is 8.59. The molecule has 1 aromatic carbocycles. The van der Waals surface area contributed by atoms with Gasteiger partial charge in [0.1, 0.15) is 5.02 Å². The summed E-state index contributed by atoms with van der Waals surface area (Å²) in [6.07, 6.45) is 0. The monoisotopic (exact) mass is 346 g/mol. The molecule has 0 aliphatic carbocycles. The molecule has 0 saturated carbocycles. The molecule has 1 heterocycles. The van der Waals surface area contributed by atoms with Crippen LogP contribution in [0.25, 0.3) is 0 Å². The number of benzene rings is 1. The van der Waals surface area contributed by atoms with Crippen LogP contribution in [0.5, 0.6) is 0 Å². The molecular formula is C11H8BrClN2O2S. The van der Waals surface area contributed by atoms with Crippen molar-refractivity contribution in [1.29, 1.82) is 0 Å². The van der Waals surface area contributed by atoms with E-state index in [-0.39, 0.29) is 10.7 Å². The molecule has 0 radical (unpaired) electrons. The molecule has 0 atom stereocenters. The molecule has 0 unspecified atom stereocenters. The zero-order valence-electron chi connectivity index (χ0n) is 9.02. The molecule has 18 heavy (non-hydrogen) atoms. The lowest BCUT2D eigenvalue weighted by atomic mass is 10.2. The largest absolute Gasteiger partial charge is 0.379 e. The third kappa shape index (κ3) is 2.82. The first-order valence-electron chi connectivity index (χ1n) is 4.97. The molecule has 0 saturated heterocycles. The van der Waals surface area contributed by atoms with Crippen molar-refractivity contribution in [3.63, 3.8) is 0 Å². The Morgan fingerprint density at radius 2 is 2.22 bits per heavy atom. The smallest absolute Gasteiger partial charge is 0.289 e. The van der Waals surface area contributed by atoms with E-state index in [2.05, 4.69) is 21.2 Å². The third-order valence-electron chi connectivity index (χ3n) is 2.33. The molecule has 0 spiro atoms. The highest BCUT2D eigenvalue weighted by Gasteiger charge is 2.15. The number of nitrogens with zero attached hydrogens (tertiary/aromatic N) is 1. The van der Waals surface area contributed by atoms with Gasteiger partial charge in [0.15, 0.2) is 0 Å². The van der Waals surface area contributed by atoms with Gasteiger partial charge in [0, 0.05) is 22.5 Å². The molecule has 1 N–H and O–H groups in total. The SMILES string of the molecule is O=[N+]([O-])c1cccc(NCc2cscc2Br)c1Cl. The Morgan fingerprint density at radius 1 is 1.44 bits per heavy atom. The molecule has 2 rings (SSSR count). The second kappa shape index (κ2) is 5.69. The van der Waals surface area contributed by atoms with Gasteiger partial charge in [0.2, 0.25) is 0 Å². The van der Waals surface area contributed by atoms with Crippen molar-refractivity contribution in [1.82, 2.24) is 0 Å². The van der Waals surface area contributed by atoms with Crippen LogP contribution < -0.4 is 5.32 Å². The van der Waals surface area contributed by atoms with Crippen LogP contribution in [0, 0.1) is 10.1 Å². The number of rotatable bonds is 4. The van der Waals surface area contributed by atoms with Crippen molar-refractivity contribution in [2.24, 2.45) is 0 Å². The van der Waals surface area contributed by atoms with E-state index in [4.69, 9.17) is 11.6 Å². The quantitative estimate of drug-likeness (QED) is 0.645. The van der Waals surface area contributed by atoms with Gasteiger partial charge in [-0.05, 0) is 32.9 Å². The van der Waals surface area contributed by atoms with Crippen LogP contribution in [0.4, 0.5) is 11.4 Å². The van der Waals surface area contributed by atoms with Crippen LogP contribution in [0.3, 0.4) is 0 Å². The molecule has 0 aliphatic rings. The highest BCUT2D eigenvalue weighted by molar-refractivity contribution is 9.10. The van der Waals surface area contributed by atoms with Gasteiger partial charge in [0.05, 0.1) is 10.6 Å². The van der Waals surface area contributed by atoms with E-state index in [1.165, 1.54) is 6.07 Å². The lowest BCUT2D eigenvalue weighted by Gasteiger charge is -2.07. The Labute approximate surface area is 121 Å². The van der Waals surface area contributed by atoms with Gasteiger partial charge in [-0.3, -0.25) is 10.1 Å². The maximum Gasteiger partial charge on any atom is 0.289 e. The van der Waals surface area contributed by atoms with Gasteiger partial charge in [0.25, 0.3) is 5.69 Å². The number of nitro benzene ring substituents is 1. The van der Waals surface area contributed by atoms with Crippen molar-refractivity contribution >= 4 is 50.2 Å². The first-order valence-corrected chi connectivity index (χ1v) is 7.08. The number of hydrogen-bond acceptors (Lipinski definition) is 4. The zero-order chi connectivity index (χ0) is 13.1. The Bertz CT molecular complexity index is 588. The summed E-state index contributed by atoms with van der Waals surface area (Å²) in [7, 11) is 0. The number of nitro groups is 1. The van der Waals surface area contributed by atoms with E-state index in [1.807, 2.05) is 10.8 Å². The maximum atomic E-state index is 10.7. The molecule has 1 aromatic heterocycles. The Balaban J connectivity index is 2.17. The predicted molar refractivity (Wildman–Crippen MR) is 77.5 cm³/mol. The van der Waals surface area contributed by atoms with E-state index in [0.717, 1.165) is 10.0 Å². The minimum atomic E-state index is -0.492. The number of nitrogens with one attached hydrogen (secondary N) is 1. The molecule has 0 bridgehead atoms. The summed E-state index contributed by atoms with van der Waals surface area (Å²) in [5.74, 6) is 0. The highest BCUT2D eigenvalue weighted by atomic mass is 79.9. The van der Waals surface area contributed by atoms with Crippen LogP contribution >= 0.6 is 38.9 Å². The normalized spacial score (nSPS) is 10.3. The standard InChI is InChI=1S/C11H8BrClN2O2S/c12-8-6-18-5-7(8)4-14-9-2-1-3-10(11(9)13)15(16)17/h1-3,5-6,14H,4H2. The topological polar surface area (TPSA) is 55.2 Å². The molecule has 0 aliphatic heterocycles. The highest BCUT2D eigenvalue weighted by Crippen LogP contribution is 2.32. The minimum absolute atomic E-state index is 0.0916. The summed E-state index contributed by atoms with van der Waals surface area (Å²) in [5, 5.41) is 18.0. The number of thiophene rings is 1. The summed E-state index contributed by atoms with van der Waals surface area (Å²) in [4.78, 5) is 10.3. The predicted octanol–water partition coefficient (Wildman–Crippen LogP) is 4.68. The average molecular weight is 348 g/mol. The first kappa shape index (κ1) is 13.3. The molecule has 4 nitrogen and oxygen atoms in total. The fraction of sp³-hybridized carbons (Fsp3) is 0.0909. The second-order valence-electron chi connectivity index (χ2n) is 3.49. The summed E-state index contributed by atoms with van der Waals surface area (Å²) < 4.78 is 1.02. The van der Waals surface area contributed by atoms with E-state index >= 15 is 0 Å². The van der Waals surface area contributed by atoms with Crippen LogP contribution in [-0.2, 0) is 6.54 Å². The number of halogens is 2. The minimum Gasteiger partial charge on any atom is -0.379 e. The fourth-order valence-corrected chi connectivity index (χ4v) is 3.13. The lowest BCUT2D eigenvalue weighted by molar-refractivity contribution is -0.384. The van der Waals surface area contributed by atoms with Gasteiger partial charge in [-0.15, -0.1) is 0 Å². The van der Waals surface area contributed by atoms with E-state index in [9.17, 15) is 10.1 Å². The molecule has 2 aromatic rings. The molecule has 0 fully saturated rings. The summed E-state index contributed by atoms with van der Waals surface area (Å²) in [5.41, 5.74) is 1.55. The Kier molecular flexibility index (Phi) is 4.21. The lowest BCUT2D eigenvalue weighted by Crippen LogP contribution is -2.00. The van der Waals surface area contributed by atoms with E-state index in [1.54, 1.807) is 23.5 Å². The summed E-state index contributed by atoms with van der Waals surface area (Å²) in [6.45, 7) is 0.560. The van der Waals surface area contributed by atoms with Crippen molar-refractivity contribution in [3.05, 3.63) is 54.1 Å². The Hall–Kier alpha value is -1.11. The van der Waals surface area contributed by atoms with Crippen molar-refractivity contribution in [2.75, 3.05) is 5.32 Å². The summed E-state index contributed by atoms with van der Waals surface area (Å²) in [6, 6.07) is 4.71. The fourth-order valence-electron chi connectivity index (χ4n) is 1.42. The zero-order valence-corrected chi connectivity index (χ0v) is 12.2. The van der Waals surface area contributed by atoms with Gasteiger partial charge in [-0.2, -0.15) is 11.3 Å².